The Labute approximate surface area is 194 Å². The first kappa shape index (κ1) is 21.5. The van der Waals surface area contributed by atoms with Gasteiger partial charge in [0.15, 0.2) is 0 Å². The van der Waals surface area contributed by atoms with Crippen LogP contribution in [-0.4, -0.2) is 36.3 Å². The Morgan fingerprint density at radius 2 is 1.67 bits per heavy atom. The second-order valence-electron chi connectivity index (χ2n) is 9.10. The predicted molar refractivity (Wildman–Crippen MR) is 126 cm³/mol. The highest BCUT2D eigenvalue weighted by molar-refractivity contribution is 5.68. The van der Waals surface area contributed by atoms with E-state index in [9.17, 15) is 9.90 Å². The zero-order chi connectivity index (χ0) is 23.0. The first-order chi connectivity index (χ1) is 16.0. The number of likely N-dealkylation sites (N-methyl/N-ethyl adjacent to an activating group) is 1. The van der Waals surface area contributed by atoms with E-state index in [4.69, 9.17) is 9.47 Å². The fourth-order valence-electron chi connectivity index (χ4n) is 5.66. The van der Waals surface area contributed by atoms with E-state index < -0.39 is 5.60 Å². The normalized spacial score (nSPS) is 25.2. The van der Waals surface area contributed by atoms with Crippen molar-refractivity contribution < 1.29 is 19.4 Å². The van der Waals surface area contributed by atoms with Crippen molar-refractivity contribution in [3.8, 4) is 5.75 Å². The van der Waals surface area contributed by atoms with Crippen molar-refractivity contribution in [1.29, 1.82) is 0 Å². The molecule has 33 heavy (non-hydrogen) atoms. The number of rotatable bonds is 5. The van der Waals surface area contributed by atoms with Gasteiger partial charge in [0.2, 0.25) is 0 Å². The van der Waals surface area contributed by atoms with Gasteiger partial charge in [-0.2, -0.15) is 0 Å². The van der Waals surface area contributed by atoms with Crippen LogP contribution in [0.4, 0.5) is 4.79 Å². The van der Waals surface area contributed by atoms with Crippen LogP contribution in [0.1, 0.15) is 46.9 Å². The molecule has 1 N–H and O–H groups in total. The van der Waals surface area contributed by atoms with E-state index in [1.807, 2.05) is 73.8 Å². The molecule has 5 heteroatoms. The zero-order valence-electron chi connectivity index (χ0n) is 19.0. The van der Waals surface area contributed by atoms with Crippen LogP contribution in [-0.2, 0) is 16.9 Å². The highest BCUT2D eigenvalue weighted by Crippen LogP contribution is 2.59. The van der Waals surface area contributed by atoms with Gasteiger partial charge in [0, 0.05) is 24.9 Å². The van der Waals surface area contributed by atoms with Crippen LogP contribution < -0.4 is 4.74 Å². The van der Waals surface area contributed by atoms with Gasteiger partial charge in [0.1, 0.15) is 12.4 Å². The average Bonchev–Trinajstić information content (AvgIpc) is 2.87. The third-order valence-electron chi connectivity index (χ3n) is 7.40. The van der Waals surface area contributed by atoms with Crippen LogP contribution in [0.15, 0.2) is 78.9 Å². The number of benzene rings is 3. The monoisotopic (exact) mass is 443 g/mol. The molecule has 1 fully saturated rings. The second-order valence-corrected chi connectivity index (χ2v) is 9.10. The maximum Gasteiger partial charge on any atom is 0.410 e. The largest absolute Gasteiger partial charge is 0.497 e. The number of fused-ring (bicyclic) bond motifs is 2. The van der Waals surface area contributed by atoms with E-state index in [1.54, 1.807) is 12.0 Å². The lowest BCUT2D eigenvalue weighted by Gasteiger charge is -2.54. The van der Waals surface area contributed by atoms with Gasteiger partial charge in [-0.3, -0.25) is 0 Å². The lowest BCUT2D eigenvalue weighted by Crippen LogP contribution is -2.54. The number of carbonyl (C=O) groups excluding carboxylic acids is 1. The molecular formula is C28H29NO4. The molecular weight excluding hydrogens is 414 g/mol. The second kappa shape index (κ2) is 8.56. The summed E-state index contributed by atoms with van der Waals surface area (Å²) in [6.07, 6.45) is 0.908. The van der Waals surface area contributed by atoms with E-state index in [0.717, 1.165) is 16.9 Å². The highest BCUT2D eigenvalue weighted by atomic mass is 16.6. The number of methoxy groups -OCH3 is 1. The smallest absolute Gasteiger partial charge is 0.410 e. The van der Waals surface area contributed by atoms with Crippen LogP contribution in [0.2, 0.25) is 0 Å². The Morgan fingerprint density at radius 3 is 2.36 bits per heavy atom. The SMILES string of the molecule is COc1ccc([C@]2(O)C[C@@H]3c4ccccc4[C@@H]2C[C@@H]3N(C)C(=O)OCc2ccccc2)cc1. The lowest BCUT2D eigenvalue weighted by atomic mass is 9.55. The summed E-state index contributed by atoms with van der Waals surface area (Å²) in [6, 6.07) is 25.7. The van der Waals surface area contributed by atoms with Crippen molar-refractivity contribution in [2.24, 2.45) is 0 Å². The zero-order valence-corrected chi connectivity index (χ0v) is 19.0. The van der Waals surface area contributed by atoms with E-state index >= 15 is 0 Å². The first-order valence-electron chi connectivity index (χ1n) is 11.4. The standard InChI is InChI=1S/C28H29NO4/c1-29(27(30)33-18-19-8-4-3-5-9-19)26-16-25-23-11-7-6-10-22(23)24(26)17-28(25,31)20-12-14-21(32-2)15-13-20/h3-15,24-26,31H,16-18H2,1-2H3/t24-,25+,26+,28-/m1/s1. The first-order valence-corrected chi connectivity index (χ1v) is 11.4. The average molecular weight is 444 g/mol. The van der Waals surface area contributed by atoms with E-state index in [-0.39, 0.29) is 30.6 Å². The van der Waals surface area contributed by atoms with Gasteiger partial charge in [0.05, 0.1) is 12.7 Å². The number of hydrogen-bond acceptors (Lipinski definition) is 4. The van der Waals surface area contributed by atoms with Gasteiger partial charge < -0.3 is 19.5 Å². The van der Waals surface area contributed by atoms with Crippen LogP contribution in [0, 0.1) is 0 Å². The minimum Gasteiger partial charge on any atom is -0.497 e. The van der Waals surface area contributed by atoms with Gasteiger partial charge in [-0.1, -0.05) is 66.7 Å². The van der Waals surface area contributed by atoms with Crippen molar-refractivity contribution >= 4 is 6.09 Å². The molecule has 3 aliphatic rings. The van der Waals surface area contributed by atoms with E-state index in [2.05, 4.69) is 12.1 Å². The summed E-state index contributed by atoms with van der Waals surface area (Å²) in [7, 11) is 3.45. The molecule has 0 spiro atoms. The summed E-state index contributed by atoms with van der Waals surface area (Å²) < 4.78 is 10.9. The lowest BCUT2D eigenvalue weighted by molar-refractivity contribution is -0.0624. The molecule has 170 valence electrons. The van der Waals surface area contributed by atoms with Crippen LogP contribution in [0.3, 0.4) is 0 Å². The molecule has 1 amide bonds. The van der Waals surface area contributed by atoms with Gasteiger partial charge >= 0.3 is 6.09 Å². The predicted octanol–water partition coefficient (Wildman–Crippen LogP) is 5.19. The number of amides is 1. The van der Waals surface area contributed by atoms with Crippen LogP contribution in [0.5, 0.6) is 5.75 Å². The Balaban J connectivity index is 1.41. The number of carbonyl (C=O) groups is 1. The molecule has 3 aliphatic carbocycles. The molecule has 1 saturated carbocycles. The molecule has 0 saturated heterocycles. The van der Waals surface area contributed by atoms with Crippen molar-refractivity contribution in [3.63, 3.8) is 0 Å². The summed E-state index contributed by atoms with van der Waals surface area (Å²) in [5.74, 6) is 0.677. The quantitative estimate of drug-likeness (QED) is 0.589. The fourth-order valence-corrected chi connectivity index (χ4v) is 5.66. The third kappa shape index (κ3) is 3.76. The van der Waals surface area contributed by atoms with E-state index in [0.29, 0.717) is 12.8 Å². The summed E-state index contributed by atoms with van der Waals surface area (Å²) in [5, 5.41) is 12.0. The van der Waals surface area contributed by atoms with Crippen molar-refractivity contribution in [2.75, 3.05) is 14.2 Å². The number of hydrogen-bond donors (Lipinski definition) is 1. The molecule has 0 aliphatic heterocycles. The summed E-state index contributed by atoms with van der Waals surface area (Å²) in [6.45, 7) is 0.247. The number of nitrogens with zero attached hydrogens (tertiary/aromatic N) is 1. The van der Waals surface area contributed by atoms with Crippen LogP contribution >= 0.6 is 0 Å². The molecule has 0 unspecified atom stereocenters. The van der Waals surface area contributed by atoms with Crippen LogP contribution in [0.25, 0.3) is 0 Å². The minimum atomic E-state index is -0.990. The van der Waals surface area contributed by atoms with Gasteiger partial charge in [-0.05, 0) is 47.2 Å². The van der Waals surface area contributed by atoms with Crippen molar-refractivity contribution in [3.05, 3.63) is 101 Å². The third-order valence-corrected chi connectivity index (χ3v) is 7.40. The molecule has 0 heterocycles. The summed E-state index contributed by atoms with van der Waals surface area (Å²) in [4.78, 5) is 14.7. The molecule has 3 aromatic carbocycles. The Hall–Kier alpha value is -3.31. The van der Waals surface area contributed by atoms with Gasteiger partial charge in [-0.25, -0.2) is 4.79 Å². The minimum absolute atomic E-state index is 0.0209. The Bertz CT molecular complexity index is 1130. The number of ether oxygens (including phenoxy) is 2. The van der Waals surface area contributed by atoms with E-state index in [1.165, 1.54) is 11.1 Å². The fraction of sp³-hybridized carbons (Fsp3) is 0.321. The van der Waals surface area contributed by atoms with Gasteiger partial charge in [-0.15, -0.1) is 0 Å². The molecule has 0 aromatic heterocycles. The van der Waals surface area contributed by atoms with Crippen molar-refractivity contribution in [1.82, 2.24) is 4.90 Å². The maximum absolute atomic E-state index is 12.9. The Kier molecular flexibility index (Phi) is 5.59. The number of aliphatic hydroxyl groups is 1. The maximum atomic E-state index is 12.9. The molecule has 5 nitrogen and oxygen atoms in total. The Morgan fingerprint density at radius 1 is 1.00 bits per heavy atom. The topological polar surface area (TPSA) is 59.0 Å². The molecule has 2 bridgehead atoms. The molecule has 3 aromatic rings. The molecule has 6 rings (SSSR count). The summed E-state index contributed by atoms with van der Waals surface area (Å²) in [5.41, 5.74) is 3.26. The van der Waals surface area contributed by atoms with Gasteiger partial charge in [0.25, 0.3) is 0 Å². The summed E-state index contributed by atoms with van der Waals surface area (Å²) >= 11 is 0. The highest BCUT2D eigenvalue weighted by Gasteiger charge is 2.55. The van der Waals surface area contributed by atoms with Crippen molar-refractivity contribution in [2.45, 2.75) is 42.9 Å². The molecule has 0 radical (unpaired) electrons. The molecule has 4 atom stereocenters.